The van der Waals surface area contributed by atoms with Crippen LogP contribution in [0.2, 0.25) is 0 Å². The lowest BCUT2D eigenvalue weighted by Crippen LogP contribution is -2.39. The topological polar surface area (TPSA) is 74.3 Å². The highest BCUT2D eigenvalue weighted by atomic mass is 16.7. The molecule has 2 heterocycles. The summed E-state index contributed by atoms with van der Waals surface area (Å²) in [5, 5.41) is 0. The van der Waals surface area contributed by atoms with Gasteiger partial charge in [-0.2, -0.15) is 0 Å². The highest BCUT2D eigenvalue weighted by molar-refractivity contribution is 6.05. The van der Waals surface area contributed by atoms with E-state index in [2.05, 4.69) is 13.8 Å². The van der Waals surface area contributed by atoms with Crippen molar-refractivity contribution in [2.75, 3.05) is 46.2 Å². The zero-order valence-electron chi connectivity index (χ0n) is 18.6. The number of carbonyl (C=O) groups excluding carboxylic acids is 2. The summed E-state index contributed by atoms with van der Waals surface area (Å²) in [5.74, 6) is -0.422. The molecule has 0 bridgehead atoms. The van der Waals surface area contributed by atoms with Gasteiger partial charge in [-0.05, 0) is 18.3 Å². The van der Waals surface area contributed by atoms with Gasteiger partial charge >= 0.3 is 0 Å². The standard InChI is InChI=1S/C23H37NO6/c1-4-17(5-2)15-28-12-11-27-10-6-9-24-21(25)19-16(3)7-8-18(20(19)22(24)26)23-29-13-14-30-23/h7-8,16-20,23H,4-6,9-15H2,1-3H3/t16-,18-,19+,20-/m0/s1. The molecule has 4 atom stereocenters. The van der Waals surface area contributed by atoms with E-state index in [9.17, 15) is 9.59 Å². The van der Waals surface area contributed by atoms with Crippen molar-refractivity contribution in [2.45, 2.75) is 46.3 Å². The Balaban J connectivity index is 1.42. The van der Waals surface area contributed by atoms with E-state index < -0.39 is 6.29 Å². The Morgan fingerprint density at radius 1 is 1.00 bits per heavy atom. The molecule has 0 N–H and O–H groups in total. The molecule has 0 aromatic rings. The van der Waals surface area contributed by atoms with Crippen LogP contribution in [-0.2, 0) is 28.5 Å². The first-order chi connectivity index (χ1) is 14.6. The highest BCUT2D eigenvalue weighted by Crippen LogP contribution is 2.44. The van der Waals surface area contributed by atoms with Crippen molar-refractivity contribution in [3.05, 3.63) is 12.2 Å². The normalized spacial score (nSPS) is 29.4. The number of amides is 2. The van der Waals surface area contributed by atoms with Crippen molar-refractivity contribution >= 4 is 11.8 Å². The molecule has 1 aliphatic carbocycles. The smallest absolute Gasteiger partial charge is 0.233 e. The highest BCUT2D eigenvalue weighted by Gasteiger charge is 2.55. The molecule has 0 aromatic heterocycles. The Bertz CT molecular complexity index is 599. The summed E-state index contributed by atoms with van der Waals surface area (Å²) in [5.41, 5.74) is 0. The number of fused-ring (bicyclic) bond motifs is 1. The van der Waals surface area contributed by atoms with E-state index in [-0.39, 0.29) is 35.5 Å². The van der Waals surface area contributed by atoms with Crippen LogP contribution in [0.5, 0.6) is 0 Å². The fourth-order valence-electron chi connectivity index (χ4n) is 4.67. The average Bonchev–Trinajstić information content (AvgIpc) is 3.36. The zero-order valence-corrected chi connectivity index (χ0v) is 18.6. The molecule has 0 aromatic carbocycles. The second-order valence-corrected chi connectivity index (χ2v) is 8.53. The van der Waals surface area contributed by atoms with Gasteiger partial charge in [-0.1, -0.05) is 45.8 Å². The Kier molecular flexibility index (Phi) is 8.86. The van der Waals surface area contributed by atoms with Crippen molar-refractivity contribution in [2.24, 2.45) is 29.6 Å². The summed E-state index contributed by atoms with van der Waals surface area (Å²) in [6, 6.07) is 0. The zero-order chi connectivity index (χ0) is 21.5. The summed E-state index contributed by atoms with van der Waals surface area (Å²) in [6.45, 7) is 10.2. The molecule has 2 saturated heterocycles. The van der Waals surface area contributed by atoms with Crippen LogP contribution in [0.15, 0.2) is 12.2 Å². The van der Waals surface area contributed by atoms with E-state index in [0.29, 0.717) is 51.9 Å². The number of imide groups is 1. The fourth-order valence-corrected chi connectivity index (χ4v) is 4.67. The molecule has 3 aliphatic rings. The van der Waals surface area contributed by atoms with Gasteiger partial charge in [-0.15, -0.1) is 0 Å². The first kappa shape index (κ1) is 23.4. The monoisotopic (exact) mass is 423 g/mol. The van der Waals surface area contributed by atoms with Crippen LogP contribution < -0.4 is 0 Å². The van der Waals surface area contributed by atoms with Gasteiger partial charge in [0.25, 0.3) is 0 Å². The summed E-state index contributed by atoms with van der Waals surface area (Å²) in [7, 11) is 0. The van der Waals surface area contributed by atoms with Crippen molar-refractivity contribution in [1.29, 1.82) is 0 Å². The average molecular weight is 424 g/mol. The quantitative estimate of drug-likeness (QED) is 0.273. The molecule has 30 heavy (non-hydrogen) atoms. The molecule has 0 saturated carbocycles. The first-order valence-electron chi connectivity index (χ1n) is 11.5. The van der Waals surface area contributed by atoms with Gasteiger partial charge in [-0.25, -0.2) is 0 Å². The Morgan fingerprint density at radius 2 is 1.67 bits per heavy atom. The lowest BCUT2D eigenvalue weighted by Gasteiger charge is -2.32. The molecule has 7 heteroatoms. The number of allylic oxidation sites excluding steroid dienone is 1. The molecule has 170 valence electrons. The third-order valence-electron chi connectivity index (χ3n) is 6.62. The maximum absolute atomic E-state index is 13.1. The minimum atomic E-state index is -0.429. The van der Waals surface area contributed by atoms with Crippen LogP contribution in [0.4, 0.5) is 0 Å². The Morgan fingerprint density at radius 3 is 2.37 bits per heavy atom. The molecule has 3 rings (SSSR count). The lowest BCUT2D eigenvalue weighted by atomic mass is 9.72. The Labute approximate surface area is 180 Å². The SMILES string of the molecule is CCC(CC)COCCOCCCN1C(=O)[C@@H]2[C@H](C1=O)[C@@H](C)C=C[C@@H]2C1OCCO1. The number of hydrogen-bond acceptors (Lipinski definition) is 6. The van der Waals surface area contributed by atoms with Crippen LogP contribution in [0.25, 0.3) is 0 Å². The molecule has 2 aliphatic heterocycles. The largest absolute Gasteiger partial charge is 0.379 e. The summed E-state index contributed by atoms with van der Waals surface area (Å²) >= 11 is 0. The van der Waals surface area contributed by atoms with Crippen molar-refractivity contribution < 1.29 is 28.5 Å². The molecule has 0 spiro atoms. The number of carbonyl (C=O) groups is 2. The second kappa shape index (κ2) is 11.4. The number of hydrogen-bond donors (Lipinski definition) is 0. The van der Waals surface area contributed by atoms with Gasteiger partial charge in [-0.3, -0.25) is 14.5 Å². The van der Waals surface area contributed by atoms with Crippen LogP contribution in [0.3, 0.4) is 0 Å². The van der Waals surface area contributed by atoms with Crippen LogP contribution in [0.1, 0.15) is 40.0 Å². The predicted octanol–water partition coefficient (Wildman–Crippen LogP) is 2.64. The molecule has 7 nitrogen and oxygen atoms in total. The van der Waals surface area contributed by atoms with Crippen molar-refractivity contribution in [3.63, 3.8) is 0 Å². The summed E-state index contributed by atoms with van der Waals surface area (Å²) < 4.78 is 22.6. The molecule has 2 amide bonds. The lowest BCUT2D eigenvalue weighted by molar-refractivity contribution is -0.142. The molecule has 2 fully saturated rings. The van der Waals surface area contributed by atoms with Gasteiger partial charge in [0.15, 0.2) is 6.29 Å². The van der Waals surface area contributed by atoms with Crippen LogP contribution in [-0.4, -0.2) is 69.2 Å². The maximum atomic E-state index is 13.1. The third kappa shape index (κ3) is 5.31. The van der Waals surface area contributed by atoms with Crippen LogP contribution in [0, 0.1) is 29.6 Å². The van der Waals surface area contributed by atoms with Crippen LogP contribution >= 0.6 is 0 Å². The van der Waals surface area contributed by atoms with Gasteiger partial charge < -0.3 is 18.9 Å². The molecule has 0 radical (unpaired) electrons. The minimum absolute atomic E-state index is 0.0394. The number of likely N-dealkylation sites (tertiary alicyclic amines) is 1. The van der Waals surface area contributed by atoms with E-state index in [4.69, 9.17) is 18.9 Å². The molecular weight excluding hydrogens is 386 g/mol. The predicted molar refractivity (Wildman–Crippen MR) is 112 cm³/mol. The van der Waals surface area contributed by atoms with E-state index >= 15 is 0 Å². The summed E-state index contributed by atoms with van der Waals surface area (Å²) in [6.07, 6.45) is 6.49. The second-order valence-electron chi connectivity index (χ2n) is 8.53. The molecular formula is C23H37NO6. The van der Waals surface area contributed by atoms with Crippen molar-refractivity contribution in [1.82, 2.24) is 4.90 Å². The van der Waals surface area contributed by atoms with Gasteiger partial charge in [0.2, 0.25) is 11.8 Å². The molecule has 0 unspecified atom stereocenters. The van der Waals surface area contributed by atoms with E-state index in [0.717, 1.165) is 19.4 Å². The third-order valence-corrected chi connectivity index (χ3v) is 6.62. The van der Waals surface area contributed by atoms with Gasteiger partial charge in [0, 0.05) is 25.7 Å². The van der Waals surface area contributed by atoms with Gasteiger partial charge in [0.1, 0.15) is 0 Å². The van der Waals surface area contributed by atoms with E-state index in [1.165, 1.54) is 4.90 Å². The van der Waals surface area contributed by atoms with Gasteiger partial charge in [0.05, 0.1) is 38.3 Å². The Hall–Kier alpha value is -1.28. The summed E-state index contributed by atoms with van der Waals surface area (Å²) in [4.78, 5) is 27.5. The van der Waals surface area contributed by atoms with E-state index in [1.807, 2.05) is 19.1 Å². The number of nitrogens with zero attached hydrogens (tertiary/aromatic N) is 1. The fraction of sp³-hybridized carbons (Fsp3) is 0.826. The van der Waals surface area contributed by atoms with E-state index in [1.54, 1.807) is 0 Å². The first-order valence-corrected chi connectivity index (χ1v) is 11.5. The maximum Gasteiger partial charge on any atom is 0.233 e. The minimum Gasteiger partial charge on any atom is -0.379 e. The number of ether oxygens (including phenoxy) is 4. The number of rotatable bonds is 12. The van der Waals surface area contributed by atoms with Crippen molar-refractivity contribution in [3.8, 4) is 0 Å².